The van der Waals surface area contributed by atoms with Gasteiger partial charge in [0.2, 0.25) is 0 Å². The molecule has 2 aromatic rings. The second-order valence-corrected chi connectivity index (χ2v) is 7.93. The molecule has 0 fully saturated rings. The summed E-state index contributed by atoms with van der Waals surface area (Å²) < 4.78 is 0. The van der Waals surface area contributed by atoms with Crippen molar-refractivity contribution in [1.29, 1.82) is 0 Å². The Morgan fingerprint density at radius 1 is 1.25 bits per heavy atom. The van der Waals surface area contributed by atoms with E-state index in [1.54, 1.807) is 11.3 Å². The number of nitrogens with one attached hydrogen (secondary N) is 1. The second-order valence-electron chi connectivity index (χ2n) is 6.86. The van der Waals surface area contributed by atoms with Gasteiger partial charge in [0.1, 0.15) is 0 Å². The molecular weight excluding hydrogens is 316 g/mol. The van der Waals surface area contributed by atoms with Crippen LogP contribution in [0, 0.1) is 13.8 Å². The predicted octanol–water partition coefficient (Wildman–Crippen LogP) is 3.74. The van der Waals surface area contributed by atoms with Crippen LogP contribution in [0.15, 0.2) is 34.6 Å². The summed E-state index contributed by atoms with van der Waals surface area (Å²) in [6.45, 7) is 10.2. The highest BCUT2D eigenvalue weighted by atomic mass is 32.1. The molecule has 2 rings (SSSR count). The van der Waals surface area contributed by atoms with Gasteiger partial charge in [-0.1, -0.05) is 43.7 Å². The molecule has 0 bridgehead atoms. The van der Waals surface area contributed by atoms with E-state index in [1.165, 1.54) is 11.1 Å². The van der Waals surface area contributed by atoms with Gasteiger partial charge < -0.3 is 10.2 Å². The van der Waals surface area contributed by atoms with Gasteiger partial charge in [0, 0.05) is 31.4 Å². The van der Waals surface area contributed by atoms with Crippen molar-refractivity contribution in [2.75, 3.05) is 20.6 Å². The third-order valence-corrected chi connectivity index (χ3v) is 4.98. The Kier molecular flexibility index (Phi) is 5.99. The van der Waals surface area contributed by atoms with Crippen molar-refractivity contribution in [3.05, 3.63) is 51.5 Å². The maximum Gasteiger partial charge on any atom is 0.193 e. The Hall–Kier alpha value is -1.88. The van der Waals surface area contributed by atoms with Crippen LogP contribution < -0.4 is 5.32 Å². The molecule has 1 heterocycles. The Morgan fingerprint density at radius 3 is 2.46 bits per heavy atom. The minimum absolute atomic E-state index is 0.0295. The molecule has 0 aliphatic rings. The zero-order chi connectivity index (χ0) is 17.7. The lowest BCUT2D eigenvalue weighted by molar-refractivity contribution is 0.445. The minimum Gasteiger partial charge on any atom is -0.355 e. The summed E-state index contributed by atoms with van der Waals surface area (Å²) in [5.74, 6) is 0.890. The molecule has 1 aromatic heterocycles. The Balaban J connectivity index is 1.98. The van der Waals surface area contributed by atoms with Crippen molar-refractivity contribution in [3.63, 3.8) is 0 Å². The van der Waals surface area contributed by atoms with Gasteiger partial charge in [0.15, 0.2) is 5.96 Å². The number of aliphatic imine (C=N–C) groups is 1. The summed E-state index contributed by atoms with van der Waals surface area (Å²) in [6.07, 6.45) is 0. The van der Waals surface area contributed by atoms with E-state index in [0.717, 1.165) is 29.8 Å². The second kappa shape index (κ2) is 7.79. The molecule has 0 aliphatic heterocycles. The monoisotopic (exact) mass is 344 g/mol. The van der Waals surface area contributed by atoms with Crippen LogP contribution in [0.2, 0.25) is 0 Å². The average molecular weight is 345 g/mol. The van der Waals surface area contributed by atoms with Crippen LogP contribution in [0.4, 0.5) is 0 Å². The Labute approximate surface area is 149 Å². The SMILES string of the molecule is CN=C(NCC(C)(C)c1ccc(C)cc1)N(C)Cc1csc(C)n1. The molecule has 1 N–H and O–H groups in total. The fraction of sp³-hybridized carbons (Fsp3) is 0.474. The van der Waals surface area contributed by atoms with E-state index in [0.29, 0.717) is 0 Å². The van der Waals surface area contributed by atoms with Crippen LogP contribution >= 0.6 is 11.3 Å². The Bertz CT molecular complexity index is 686. The van der Waals surface area contributed by atoms with Gasteiger partial charge in [-0.05, 0) is 19.4 Å². The number of aryl methyl sites for hydroxylation is 2. The van der Waals surface area contributed by atoms with E-state index in [1.807, 2.05) is 21.0 Å². The Morgan fingerprint density at radius 2 is 1.92 bits per heavy atom. The first-order chi connectivity index (χ1) is 11.3. The van der Waals surface area contributed by atoms with Crippen LogP contribution in [0.25, 0.3) is 0 Å². The van der Waals surface area contributed by atoms with Gasteiger partial charge in [-0.3, -0.25) is 4.99 Å². The topological polar surface area (TPSA) is 40.5 Å². The van der Waals surface area contributed by atoms with Gasteiger partial charge in [-0.15, -0.1) is 11.3 Å². The lowest BCUT2D eigenvalue weighted by Gasteiger charge is -2.29. The van der Waals surface area contributed by atoms with E-state index >= 15 is 0 Å². The predicted molar refractivity (Wildman–Crippen MR) is 104 cm³/mol. The molecule has 0 unspecified atom stereocenters. The fourth-order valence-electron chi connectivity index (χ4n) is 2.59. The molecule has 0 atom stereocenters. The van der Waals surface area contributed by atoms with Gasteiger partial charge in [-0.2, -0.15) is 0 Å². The van der Waals surface area contributed by atoms with Crippen molar-refractivity contribution in [1.82, 2.24) is 15.2 Å². The number of nitrogens with zero attached hydrogens (tertiary/aromatic N) is 3. The summed E-state index contributed by atoms with van der Waals surface area (Å²) in [5.41, 5.74) is 3.73. The van der Waals surface area contributed by atoms with E-state index in [9.17, 15) is 0 Å². The highest BCUT2D eigenvalue weighted by Crippen LogP contribution is 2.22. The molecule has 0 saturated heterocycles. The van der Waals surface area contributed by atoms with Crippen molar-refractivity contribution >= 4 is 17.3 Å². The molecule has 5 heteroatoms. The number of thiazole rings is 1. The molecule has 130 valence electrons. The molecular formula is C19H28N4S. The lowest BCUT2D eigenvalue weighted by atomic mass is 9.84. The largest absolute Gasteiger partial charge is 0.355 e. The van der Waals surface area contributed by atoms with Crippen LogP contribution in [0.5, 0.6) is 0 Å². The third kappa shape index (κ3) is 4.81. The highest BCUT2D eigenvalue weighted by Gasteiger charge is 2.21. The van der Waals surface area contributed by atoms with Gasteiger partial charge in [-0.25, -0.2) is 4.98 Å². The third-order valence-electron chi connectivity index (χ3n) is 4.16. The first-order valence-corrected chi connectivity index (χ1v) is 9.10. The summed E-state index contributed by atoms with van der Waals surface area (Å²) in [7, 11) is 3.87. The molecule has 1 aromatic carbocycles. The van der Waals surface area contributed by atoms with Gasteiger partial charge in [0.25, 0.3) is 0 Å². The average Bonchev–Trinajstić information content (AvgIpc) is 2.93. The van der Waals surface area contributed by atoms with Crippen molar-refractivity contribution in [3.8, 4) is 0 Å². The zero-order valence-corrected chi connectivity index (χ0v) is 16.4. The molecule has 4 nitrogen and oxygen atoms in total. The van der Waals surface area contributed by atoms with E-state index < -0.39 is 0 Å². The number of benzene rings is 1. The smallest absolute Gasteiger partial charge is 0.193 e. The summed E-state index contributed by atoms with van der Waals surface area (Å²) in [5, 5.41) is 6.71. The molecule has 0 amide bonds. The van der Waals surface area contributed by atoms with Crippen molar-refractivity contribution in [2.24, 2.45) is 4.99 Å². The summed E-state index contributed by atoms with van der Waals surface area (Å²) in [6, 6.07) is 8.76. The van der Waals surface area contributed by atoms with E-state index in [4.69, 9.17) is 0 Å². The first-order valence-electron chi connectivity index (χ1n) is 8.22. The first kappa shape index (κ1) is 18.5. The quantitative estimate of drug-likeness (QED) is 0.663. The number of hydrogen-bond donors (Lipinski definition) is 1. The van der Waals surface area contributed by atoms with Crippen molar-refractivity contribution < 1.29 is 0 Å². The van der Waals surface area contributed by atoms with E-state index in [-0.39, 0.29) is 5.41 Å². The fourth-order valence-corrected chi connectivity index (χ4v) is 3.19. The van der Waals surface area contributed by atoms with Crippen molar-refractivity contribution in [2.45, 2.75) is 39.7 Å². The molecule has 0 aliphatic carbocycles. The number of hydrogen-bond acceptors (Lipinski definition) is 3. The minimum atomic E-state index is 0.0295. The van der Waals surface area contributed by atoms with Crippen LogP contribution in [-0.4, -0.2) is 36.5 Å². The molecule has 0 radical (unpaired) electrons. The number of aromatic nitrogens is 1. The number of rotatable bonds is 5. The molecule has 0 spiro atoms. The van der Waals surface area contributed by atoms with Crippen LogP contribution in [0.1, 0.15) is 35.7 Å². The standard InChI is InChI=1S/C19H28N4S/c1-14-7-9-16(10-8-14)19(3,4)13-21-18(20-5)23(6)11-17-12-24-15(2)22-17/h7-10,12H,11,13H2,1-6H3,(H,20,21). The summed E-state index contributed by atoms with van der Waals surface area (Å²) in [4.78, 5) is 11.0. The number of guanidine groups is 1. The maximum atomic E-state index is 4.53. The molecule has 24 heavy (non-hydrogen) atoms. The molecule has 0 saturated carbocycles. The lowest BCUT2D eigenvalue weighted by Crippen LogP contribution is -2.44. The zero-order valence-electron chi connectivity index (χ0n) is 15.6. The van der Waals surface area contributed by atoms with Gasteiger partial charge in [0.05, 0.1) is 17.2 Å². The maximum absolute atomic E-state index is 4.53. The van der Waals surface area contributed by atoms with Crippen LogP contribution in [-0.2, 0) is 12.0 Å². The van der Waals surface area contributed by atoms with E-state index in [2.05, 4.69) is 70.6 Å². The van der Waals surface area contributed by atoms with Gasteiger partial charge >= 0.3 is 0 Å². The summed E-state index contributed by atoms with van der Waals surface area (Å²) >= 11 is 1.68. The highest BCUT2D eigenvalue weighted by molar-refractivity contribution is 7.09. The van der Waals surface area contributed by atoms with Crippen LogP contribution in [0.3, 0.4) is 0 Å². The normalized spacial score (nSPS) is 12.3.